The normalized spacial score (nSPS) is 9.75. The van der Waals surface area contributed by atoms with E-state index in [1.165, 1.54) is 12.5 Å². The van der Waals surface area contributed by atoms with Crippen LogP contribution in [0.5, 0.6) is 0 Å². The van der Waals surface area contributed by atoms with Crippen molar-refractivity contribution in [3.8, 4) is 0 Å². The van der Waals surface area contributed by atoms with Crippen molar-refractivity contribution in [3.63, 3.8) is 0 Å². The van der Waals surface area contributed by atoms with E-state index in [1.807, 2.05) is 0 Å². The van der Waals surface area contributed by atoms with Crippen molar-refractivity contribution in [1.29, 1.82) is 0 Å². The Morgan fingerprint density at radius 2 is 2.50 bits per heavy atom. The van der Waals surface area contributed by atoms with Crippen LogP contribution in [0.15, 0.2) is 12.5 Å². The summed E-state index contributed by atoms with van der Waals surface area (Å²) in [6.07, 6.45) is 2.84. The highest BCUT2D eigenvalue weighted by Crippen LogP contribution is 1.94. The van der Waals surface area contributed by atoms with Crippen molar-refractivity contribution < 1.29 is 14.3 Å². The number of H-pyrrole nitrogens is 1. The summed E-state index contributed by atoms with van der Waals surface area (Å²) in [5.41, 5.74) is 0.353. The number of aromatic amines is 1. The van der Waals surface area contributed by atoms with Crippen molar-refractivity contribution in [2.75, 3.05) is 20.3 Å². The van der Waals surface area contributed by atoms with Gasteiger partial charge in [0.1, 0.15) is 12.3 Å². The maximum atomic E-state index is 11.0. The molecule has 0 aliphatic rings. The Balaban J connectivity index is 2.30. The molecule has 5 heteroatoms. The highest BCUT2D eigenvalue weighted by atomic mass is 16.6. The first-order valence-corrected chi connectivity index (χ1v) is 3.49. The standard InChI is InChI=1S/C7H10N2O3/c1-11-2-3-12-7(10)6-4-8-5-9-6/h4-5H,2-3H2,1H3,(H,8,9). The molecule has 0 aromatic carbocycles. The summed E-state index contributed by atoms with van der Waals surface area (Å²) in [5.74, 6) is -0.412. The molecule has 0 amide bonds. The number of esters is 1. The molecule has 1 aromatic rings. The Morgan fingerprint density at radius 1 is 1.67 bits per heavy atom. The second-order valence-corrected chi connectivity index (χ2v) is 2.09. The SMILES string of the molecule is COCCOC(=O)c1cnc[nH]1. The number of rotatable bonds is 4. The van der Waals surface area contributed by atoms with Gasteiger partial charge in [-0.15, -0.1) is 0 Å². The third-order valence-electron chi connectivity index (χ3n) is 1.24. The van der Waals surface area contributed by atoms with E-state index in [0.29, 0.717) is 12.3 Å². The van der Waals surface area contributed by atoms with Gasteiger partial charge in [-0.3, -0.25) is 0 Å². The maximum Gasteiger partial charge on any atom is 0.356 e. The van der Waals surface area contributed by atoms with Crippen LogP contribution in [0.3, 0.4) is 0 Å². The fourth-order valence-electron chi connectivity index (χ4n) is 0.663. The number of imidazole rings is 1. The first-order valence-electron chi connectivity index (χ1n) is 3.49. The molecule has 0 aliphatic carbocycles. The summed E-state index contributed by atoms with van der Waals surface area (Å²) < 4.78 is 9.50. The van der Waals surface area contributed by atoms with Gasteiger partial charge >= 0.3 is 5.97 Å². The lowest BCUT2D eigenvalue weighted by atomic mass is 10.5. The molecule has 1 heterocycles. The van der Waals surface area contributed by atoms with E-state index in [2.05, 4.69) is 9.97 Å². The van der Waals surface area contributed by atoms with Crippen LogP contribution in [0.1, 0.15) is 10.5 Å². The molecule has 0 aliphatic heterocycles. The molecule has 0 saturated carbocycles. The lowest BCUT2D eigenvalue weighted by molar-refractivity contribution is 0.0382. The molecule has 0 saturated heterocycles. The Kier molecular flexibility index (Phi) is 3.28. The smallest absolute Gasteiger partial charge is 0.356 e. The summed E-state index contributed by atoms with van der Waals surface area (Å²) in [7, 11) is 1.55. The van der Waals surface area contributed by atoms with E-state index in [4.69, 9.17) is 9.47 Å². The molecule has 0 fully saturated rings. The number of nitrogens with one attached hydrogen (secondary N) is 1. The van der Waals surface area contributed by atoms with Crippen LogP contribution >= 0.6 is 0 Å². The van der Waals surface area contributed by atoms with Gasteiger partial charge in [-0.25, -0.2) is 9.78 Å². The molecule has 0 unspecified atom stereocenters. The number of ether oxygens (including phenoxy) is 2. The Morgan fingerprint density at radius 3 is 3.08 bits per heavy atom. The molecule has 5 nitrogen and oxygen atoms in total. The Hall–Kier alpha value is -1.36. The zero-order valence-electron chi connectivity index (χ0n) is 6.74. The van der Waals surface area contributed by atoms with Crippen LogP contribution in [0.25, 0.3) is 0 Å². The minimum atomic E-state index is -0.412. The van der Waals surface area contributed by atoms with Gasteiger partial charge in [0.05, 0.1) is 19.1 Å². The summed E-state index contributed by atoms with van der Waals surface area (Å²) in [6, 6.07) is 0. The highest BCUT2D eigenvalue weighted by Gasteiger charge is 2.06. The van der Waals surface area contributed by atoms with Crippen LogP contribution < -0.4 is 0 Å². The molecule has 0 atom stereocenters. The Bertz CT molecular complexity index is 233. The zero-order chi connectivity index (χ0) is 8.81. The number of carbonyl (C=O) groups excluding carboxylic acids is 1. The van der Waals surface area contributed by atoms with Crippen molar-refractivity contribution in [2.45, 2.75) is 0 Å². The second-order valence-electron chi connectivity index (χ2n) is 2.09. The van der Waals surface area contributed by atoms with E-state index < -0.39 is 5.97 Å². The van der Waals surface area contributed by atoms with Crippen LogP contribution in [-0.4, -0.2) is 36.3 Å². The molecule has 0 radical (unpaired) electrons. The monoisotopic (exact) mass is 170 g/mol. The van der Waals surface area contributed by atoms with E-state index in [0.717, 1.165) is 0 Å². The predicted molar refractivity (Wildman–Crippen MR) is 40.7 cm³/mol. The molecule has 1 aromatic heterocycles. The number of nitrogens with zero attached hydrogens (tertiary/aromatic N) is 1. The topological polar surface area (TPSA) is 64.2 Å². The molecular formula is C7H10N2O3. The minimum Gasteiger partial charge on any atom is -0.459 e. The van der Waals surface area contributed by atoms with Crippen molar-refractivity contribution >= 4 is 5.97 Å². The minimum absolute atomic E-state index is 0.258. The van der Waals surface area contributed by atoms with Crippen molar-refractivity contribution in [3.05, 3.63) is 18.2 Å². The number of carbonyl (C=O) groups is 1. The van der Waals surface area contributed by atoms with Crippen LogP contribution in [0, 0.1) is 0 Å². The predicted octanol–water partition coefficient (Wildman–Crippen LogP) is 0.213. The van der Waals surface area contributed by atoms with E-state index in [-0.39, 0.29) is 6.61 Å². The van der Waals surface area contributed by atoms with Crippen molar-refractivity contribution in [2.24, 2.45) is 0 Å². The zero-order valence-corrected chi connectivity index (χ0v) is 6.74. The summed E-state index contributed by atoms with van der Waals surface area (Å²) >= 11 is 0. The number of hydrogen-bond acceptors (Lipinski definition) is 4. The van der Waals surface area contributed by atoms with Gasteiger partial charge in [0, 0.05) is 7.11 Å². The summed E-state index contributed by atoms with van der Waals surface area (Å²) in [4.78, 5) is 17.4. The fraction of sp³-hybridized carbons (Fsp3) is 0.429. The maximum absolute atomic E-state index is 11.0. The lowest BCUT2D eigenvalue weighted by Gasteiger charge is -2.00. The number of aromatic nitrogens is 2. The average molecular weight is 170 g/mol. The molecule has 12 heavy (non-hydrogen) atoms. The van der Waals surface area contributed by atoms with E-state index in [9.17, 15) is 4.79 Å². The molecule has 1 rings (SSSR count). The second kappa shape index (κ2) is 4.50. The van der Waals surface area contributed by atoms with Gasteiger partial charge < -0.3 is 14.5 Å². The summed E-state index contributed by atoms with van der Waals surface area (Å²) in [6.45, 7) is 0.661. The number of methoxy groups -OCH3 is 1. The summed E-state index contributed by atoms with van der Waals surface area (Å²) in [5, 5.41) is 0. The van der Waals surface area contributed by atoms with Gasteiger partial charge in [-0.05, 0) is 0 Å². The Labute approximate surface area is 69.7 Å². The number of hydrogen-bond donors (Lipinski definition) is 1. The largest absolute Gasteiger partial charge is 0.459 e. The van der Waals surface area contributed by atoms with Gasteiger partial charge in [0.15, 0.2) is 0 Å². The first-order chi connectivity index (χ1) is 5.84. The molecule has 1 N–H and O–H groups in total. The third kappa shape index (κ3) is 2.35. The van der Waals surface area contributed by atoms with Gasteiger partial charge in [-0.2, -0.15) is 0 Å². The van der Waals surface area contributed by atoms with Gasteiger partial charge in [-0.1, -0.05) is 0 Å². The van der Waals surface area contributed by atoms with Crippen LogP contribution in [0.4, 0.5) is 0 Å². The lowest BCUT2D eigenvalue weighted by Crippen LogP contribution is -2.09. The molecule has 66 valence electrons. The van der Waals surface area contributed by atoms with E-state index in [1.54, 1.807) is 7.11 Å². The molecular weight excluding hydrogens is 160 g/mol. The van der Waals surface area contributed by atoms with Gasteiger partial charge in [0.2, 0.25) is 0 Å². The fourth-order valence-corrected chi connectivity index (χ4v) is 0.663. The van der Waals surface area contributed by atoms with Crippen LogP contribution in [0.2, 0.25) is 0 Å². The molecule has 0 bridgehead atoms. The highest BCUT2D eigenvalue weighted by molar-refractivity contribution is 5.86. The quantitative estimate of drug-likeness (QED) is 0.518. The van der Waals surface area contributed by atoms with Crippen LogP contribution in [-0.2, 0) is 9.47 Å². The van der Waals surface area contributed by atoms with Gasteiger partial charge in [0.25, 0.3) is 0 Å². The molecule has 0 spiro atoms. The third-order valence-corrected chi connectivity index (χ3v) is 1.24. The van der Waals surface area contributed by atoms with Crippen molar-refractivity contribution in [1.82, 2.24) is 9.97 Å². The average Bonchev–Trinajstić information content (AvgIpc) is 2.56. The van der Waals surface area contributed by atoms with E-state index >= 15 is 0 Å². The first kappa shape index (κ1) is 8.73.